The van der Waals surface area contributed by atoms with E-state index in [1.165, 1.54) is 0 Å². The van der Waals surface area contributed by atoms with Gasteiger partial charge in [0, 0.05) is 22.6 Å². The van der Waals surface area contributed by atoms with Crippen molar-refractivity contribution in [2.75, 3.05) is 0 Å². The Labute approximate surface area is 93.6 Å². The first-order valence-corrected chi connectivity index (χ1v) is 5.71. The summed E-state index contributed by atoms with van der Waals surface area (Å²) in [6.07, 6.45) is 5.56. The van der Waals surface area contributed by atoms with E-state index in [9.17, 15) is 4.39 Å². The Morgan fingerprint density at radius 3 is 2.88 bits per heavy atom. The number of fused-ring (bicyclic) bond motifs is 1. The Morgan fingerprint density at radius 2 is 2.12 bits per heavy atom. The average molecular weight is 218 g/mol. The van der Waals surface area contributed by atoms with Crippen molar-refractivity contribution in [3.8, 4) is 0 Å². The number of halogens is 1. The van der Waals surface area contributed by atoms with E-state index >= 15 is 0 Å². The van der Waals surface area contributed by atoms with Crippen LogP contribution in [0.5, 0.6) is 0 Å². The van der Waals surface area contributed by atoms with Crippen molar-refractivity contribution in [1.82, 2.24) is 4.98 Å². The fraction of sp³-hybridized carbons (Fsp3) is 0.385. The summed E-state index contributed by atoms with van der Waals surface area (Å²) in [7, 11) is 0. The lowest BCUT2D eigenvalue weighted by Crippen LogP contribution is -2.22. The Kier molecular flexibility index (Phi) is 2.04. The van der Waals surface area contributed by atoms with Crippen LogP contribution in [0.3, 0.4) is 0 Å². The molecule has 0 spiro atoms. The van der Waals surface area contributed by atoms with Crippen LogP contribution >= 0.6 is 0 Å². The van der Waals surface area contributed by atoms with Crippen molar-refractivity contribution in [3.05, 3.63) is 35.8 Å². The van der Waals surface area contributed by atoms with Gasteiger partial charge in [-0.05, 0) is 43.4 Å². The molecule has 1 heterocycles. The van der Waals surface area contributed by atoms with Gasteiger partial charge in [-0.1, -0.05) is 6.07 Å². The summed E-state index contributed by atoms with van der Waals surface area (Å²) in [4.78, 5) is 3.01. The molecule has 84 valence electrons. The topological polar surface area (TPSA) is 41.8 Å². The summed E-state index contributed by atoms with van der Waals surface area (Å²) in [6.45, 7) is 0. The Bertz CT molecular complexity index is 526. The van der Waals surface area contributed by atoms with E-state index in [2.05, 4.69) is 4.98 Å². The minimum Gasteiger partial charge on any atom is -0.361 e. The molecule has 1 aliphatic rings. The number of H-pyrrole nitrogens is 1. The van der Waals surface area contributed by atoms with Crippen LogP contribution in [0.15, 0.2) is 24.4 Å². The van der Waals surface area contributed by atoms with Gasteiger partial charge in [-0.25, -0.2) is 4.39 Å². The maximum atomic E-state index is 14.0. The molecule has 1 fully saturated rings. The summed E-state index contributed by atoms with van der Waals surface area (Å²) < 4.78 is 14.0. The molecular formula is C13H15FN2. The van der Waals surface area contributed by atoms with Crippen molar-refractivity contribution >= 4 is 10.9 Å². The first-order valence-electron chi connectivity index (χ1n) is 5.71. The molecule has 1 saturated carbocycles. The third kappa shape index (κ3) is 1.61. The van der Waals surface area contributed by atoms with Gasteiger partial charge >= 0.3 is 0 Å². The van der Waals surface area contributed by atoms with E-state index in [1.54, 1.807) is 12.3 Å². The molecular weight excluding hydrogens is 203 g/mol. The van der Waals surface area contributed by atoms with Gasteiger partial charge < -0.3 is 10.7 Å². The molecule has 16 heavy (non-hydrogen) atoms. The highest BCUT2D eigenvalue weighted by Crippen LogP contribution is 2.37. The summed E-state index contributed by atoms with van der Waals surface area (Å²) in [5.41, 5.74) is 7.65. The number of hydrogen-bond acceptors (Lipinski definition) is 1. The number of aromatic nitrogens is 1. The van der Waals surface area contributed by atoms with Gasteiger partial charge in [0.15, 0.2) is 0 Å². The van der Waals surface area contributed by atoms with E-state index < -0.39 is 0 Å². The van der Waals surface area contributed by atoms with Crippen LogP contribution in [0.4, 0.5) is 4.39 Å². The minimum atomic E-state index is -0.0944. The van der Waals surface area contributed by atoms with Crippen molar-refractivity contribution in [3.63, 3.8) is 0 Å². The fourth-order valence-electron chi connectivity index (χ4n) is 2.13. The molecule has 0 radical (unpaired) electrons. The van der Waals surface area contributed by atoms with E-state index in [4.69, 9.17) is 5.73 Å². The zero-order chi connectivity index (χ0) is 11.2. The molecule has 1 aromatic heterocycles. The Hall–Kier alpha value is -1.35. The normalized spacial score (nSPS) is 17.9. The maximum absolute atomic E-state index is 14.0. The van der Waals surface area contributed by atoms with Crippen LogP contribution in [0, 0.1) is 5.82 Å². The first kappa shape index (κ1) is 9.85. The molecule has 0 aliphatic heterocycles. The van der Waals surface area contributed by atoms with Crippen molar-refractivity contribution in [1.29, 1.82) is 0 Å². The van der Waals surface area contributed by atoms with Crippen molar-refractivity contribution in [2.45, 2.75) is 31.2 Å². The van der Waals surface area contributed by atoms with Crippen LogP contribution in [-0.2, 0) is 6.42 Å². The smallest absolute Gasteiger partial charge is 0.135 e. The van der Waals surface area contributed by atoms with Gasteiger partial charge in [0.1, 0.15) is 5.82 Å². The lowest BCUT2D eigenvalue weighted by molar-refractivity contribution is 0.577. The quantitative estimate of drug-likeness (QED) is 0.817. The Morgan fingerprint density at radius 1 is 1.31 bits per heavy atom. The first-order chi connectivity index (χ1) is 7.68. The van der Waals surface area contributed by atoms with Gasteiger partial charge in [-0.15, -0.1) is 0 Å². The molecule has 2 nitrogen and oxygen atoms in total. The standard InChI is InChI=1S/C13H15FN2/c14-12-9(3-5-13(15)6-7-13)1-2-11-10(12)4-8-16-11/h1-2,4,8,16H,3,5-7,15H2. The SMILES string of the molecule is NC1(CCc2ccc3[nH]ccc3c2F)CC1. The fourth-order valence-corrected chi connectivity index (χ4v) is 2.13. The second-order valence-electron chi connectivity index (χ2n) is 4.84. The van der Waals surface area contributed by atoms with Gasteiger partial charge in [-0.3, -0.25) is 0 Å². The monoisotopic (exact) mass is 218 g/mol. The average Bonchev–Trinajstić information content (AvgIpc) is 2.81. The number of benzene rings is 1. The van der Waals surface area contributed by atoms with Gasteiger partial charge in [0.2, 0.25) is 0 Å². The molecule has 0 amide bonds. The molecule has 0 saturated heterocycles. The van der Waals surface area contributed by atoms with E-state index in [0.29, 0.717) is 5.39 Å². The lowest BCUT2D eigenvalue weighted by atomic mass is 10.0. The zero-order valence-electron chi connectivity index (χ0n) is 9.09. The predicted octanol–water partition coefficient (Wildman–Crippen LogP) is 2.73. The second kappa shape index (κ2) is 3.32. The van der Waals surface area contributed by atoms with Crippen LogP contribution < -0.4 is 5.73 Å². The van der Waals surface area contributed by atoms with E-state index in [1.807, 2.05) is 12.1 Å². The van der Waals surface area contributed by atoms with Crippen molar-refractivity contribution < 1.29 is 4.39 Å². The van der Waals surface area contributed by atoms with E-state index in [0.717, 1.165) is 36.8 Å². The van der Waals surface area contributed by atoms with Gasteiger partial charge in [-0.2, -0.15) is 0 Å². The van der Waals surface area contributed by atoms with Crippen LogP contribution in [0.25, 0.3) is 10.9 Å². The molecule has 3 rings (SSSR count). The maximum Gasteiger partial charge on any atom is 0.135 e. The molecule has 3 heteroatoms. The molecule has 1 aliphatic carbocycles. The highest BCUT2D eigenvalue weighted by Gasteiger charge is 2.37. The van der Waals surface area contributed by atoms with Gasteiger partial charge in [0.25, 0.3) is 0 Å². The lowest BCUT2D eigenvalue weighted by Gasteiger charge is -2.09. The van der Waals surface area contributed by atoms with Gasteiger partial charge in [0.05, 0.1) is 0 Å². The molecule has 2 aromatic rings. The summed E-state index contributed by atoms with van der Waals surface area (Å²) in [5, 5.41) is 0.680. The number of aryl methyl sites for hydroxylation is 1. The third-order valence-corrected chi connectivity index (χ3v) is 3.53. The third-order valence-electron chi connectivity index (χ3n) is 3.53. The summed E-state index contributed by atoms with van der Waals surface area (Å²) in [6, 6.07) is 5.58. The number of nitrogens with one attached hydrogen (secondary N) is 1. The number of rotatable bonds is 3. The van der Waals surface area contributed by atoms with Crippen LogP contribution in [0.2, 0.25) is 0 Å². The van der Waals surface area contributed by atoms with E-state index in [-0.39, 0.29) is 11.4 Å². The molecule has 1 aromatic carbocycles. The van der Waals surface area contributed by atoms with Crippen LogP contribution in [-0.4, -0.2) is 10.5 Å². The largest absolute Gasteiger partial charge is 0.361 e. The molecule has 0 atom stereocenters. The second-order valence-corrected chi connectivity index (χ2v) is 4.84. The summed E-state index contributed by atoms with van der Waals surface area (Å²) >= 11 is 0. The Balaban J connectivity index is 1.88. The minimum absolute atomic E-state index is 0.000453. The highest BCUT2D eigenvalue weighted by molar-refractivity contribution is 5.80. The molecule has 0 unspecified atom stereocenters. The molecule has 0 bridgehead atoms. The zero-order valence-corrected chi connectivity index (χ0v) is 9.09. The van der Waals surface area contributed by atoms with Crippen LogP contribution in [0.1, 0.15) is 24.8 Å². The highest BCUT2D eigenvalue weighted by atomic mass is 19.1. The number of nitrogens with two attached hydrogens (primary N) is 1. The predicted molar refractivity (Wildman–Crippen MR) is 62.7 cm³/mol. The van der Waals surface area contributed by atoms with Crippen molar-refractivity contribution in [2.24, 2.45) is 5.73 Å². The summed E-state index contributed by atoms with van der Waals surface area (Å²) in [5.74, 6) is -0.0944. The molecule has 3 N–H and O–H groups in total. The number of aromatic amines is 1. The number of hydrogen-bond donors (Lipinski definition) is 2.